The van der Waals surface area contributed by atoms with Gasteiger partial charge in [0.05, 0.1) is 41.6 Å². The van der Waals surface area contributed by atoms with Gasteiger partial charge in [-0.25, -0.2) is 4.39 Å². The van der Waals surface area contributed by atoms with E-state index in [-0.39, 0.29) is 18.1 Å². The molecule has 2 aliphatic heterocycles. The summed E-state index contributed by atoms with van der Waals surface area (Å²) < 4.78 is 95.5. The van der Waals surface area contributed by atoms with Crippen molar-refractivity contribution in [1.82, 2.24) is 0 Å². The van der Waals surface area contributed by atoms with E-state index in [0.717, 1.165) is 30.5 Å². The first-order chi connectivity index (χ1) is 18.0. The fourth-order valence-electron chi connectivity index (χ4n) is 4.31. The second-order valence-corrected chi connectivity index (χ2v) is 10.2. The SMILES string of the molecule is O=S(=O)(/N=C\C1COC[C@H](N2c3ccccc3Oc3ccc(F)cc32)[C@H]1O)c1ccc(OC(F)(F)F)cc1. The highest BCUT2D eigenvalue weighted by Crippen LogP contribution is 2.48. The highest BCUT2D eigenvalue weighted by atomic mass is 32.2. The standard InChI is InChI=1S/C25H20F4N2O6S/c26-16-5-10-23-20(11-16)31(19-3-1-2-4-22(19)36-23)21-14-35-13-15(24(21)32)12-30-38(33,34)18-8-6-17(7-9-18)37-25(27,28)29/h1-12,15,21,24,32H,13-14H2/b30-12-/t15?,21-,24-/m0/s1. The molecule has 5 rings (SSSR count). The van der Waals surface area contributed by atoms with E-state index < -0.39 is 46.0 Å². The van der Waals surface area contributed by atoms with Crippen LogP contribution in [0.3, 0.4) is 0 Å². The van der Waals surface area contributed by atoms with E-state index in [4.69, 9.17) is 9.47 Å². The van der Waals surface area contributed by atoms with E-state index in [1.807, 2.05) is 0 Å². The minimum atomic E-state index is -4.92. The monoisotopic (exact) mass is 552 g/mol. The second kappa shape index (κ2) is 9.89. The molecule has 0 saturated carbocycles. The summed E-state index contributed by atoms with van der Waals surface area (Å²) in [5.41, 5.74) is 0.923. The van der Waals surface area contributed by atoms with Gasteiger partial charge in [-0.2, -0.15) is 12.8 Å². The molecule has 0 bridgehead atoms. The number of benzene rings is 3. The second-order valence-electron chi connectivity index (χ2n) is 8.56. The summed E-state index contributed by atoms with van der Waals surface area (Å²) in [6.45, 7) is 0.000252. The third kappa shape index (κ3) is 5.30. The molecule has 1 unspecified atom stereocenters. The van der Waals surface area contributed by atoms with Crippen molar-refractivity contribution in [2.24, 2.45) is 10.3 Å². The minimum absolute atomic E-state index is 0.0446. The number of rotatable bonds is 5. The third-order valence-corrected chi connectivity index (χ3v) is 7.30. The Morgan fingerprint density at radius 1 is 1.00 bits per heavy atom. The van der Waals surface area contributed by atoms with Gasteiger partial charge < -0.3 is 24.2 Å². The maximum absolute atomic E-state index is 14.2. The number of para-hydroxylation sites is 2. The quantitative estimate of drug-likeness (QED) is 0.359. The number of fused-ring (bicyclic) bond motifs is 2. The molecule has 2 aliphatic rings. The van der Waals surface area contributed by atoms with Gasteiger partial charge in [-0.15, -0.1) is 13.2 Å². The topological polar surface area (TPSA) is 97.7 Å². The fraction of sp³-hybridized carbons (Fsp3) is 0.240. The molecule has 0 aromatic heterocycles. The molecule has 1 N–H and O–H groups in total. The van der Waals surface area contributed by atoms with Crippen LogP contribution in [0, 0.1) is 11.7 Å². The molecule has 3 aromatic carbocycles. The minimum Gasteiger partial charge on any atom is -0.453 e. The largest absolute Gasteiger partial charge is 0.573 e. The molecule has 0 aliphatic carbocycles. The van der Waals surface area contributed by atoms with Crippen LogP contribution in [0.1, 0.15) is 0 Å². The van der Waals surface area contributed by atoms with Crippen molar-refractivity contribution in [2.45, 2.75) is 23.4 Å². The number of aliphatic hydroxyl groups excluding tert-OH is 1. The van der Waals surface area contributed by atoms with E-state index in [2.05, 4.69) is 9.13 Å². The Labute approximate surface area is 214 Å². The van der Waals surface area contributed by atoms with Gasteiger partial charge in [0.1, 0.15) is 11.6 Å². The van der Waals surface area contributed by atoms with Crippen LogP contribution < -0.4 is 14.4 Å². The zero-order chi connectivity index (χ0) is 27.1. The van der Waals surface area contributed by atoms with Crippen molar-refractivity contribution < 1.29 is 45.3 Å². The molecule has 1 saturated heterocycles. The Hall–Kier alpha value is -3.68. The molecule has 8 nitrogen and oxygen atoms in total. The van der Waals surface area contributed by atoms with Crippen molar-refractivity contribution in [2.75, 3.05) is 18.1 Å². The number of aliphatic hydroxyl groups is 1. The molecule has 3 aromatic rings. The lowest BCUT2D eigenvalue weighted by molar-refractivity contribution is -0.274. The van der Waals surface area contributed by atoms with Crippen molar-refractivity contribution in [3.63, 3.8) is 0 Å². The number of alkyl halides is 3. The van der Waals surface area contributed by atoms with Crippen LogP contribution in [-0.2, 0) is 14.8 Å². The summed E-state index contributed by atoms with van der Waals surface area (Å²) in [7, 11) is -4.31. The van der Waals surface area contributed by atoms with Gasteiger partial charge in [-0.1, -0.05) is 12.1 Å². The zero-order valence-corrected chi connectivity index (χ0v) is 20.2. The summed E-state index contributed by atoms with van der Waals surface area (Å²) in [6.07, 6.45) is -5.07. The number of anilines is 2. The molecule has 0 amide bonds. The molecule has 0 spiro atoms. The van der Waals surface area contributed by atoms with Crippen LogP contribution in [0.4, 0.5) is 28.9 Å². The van der Waals surface area contributed by atoms with E-state index in [1.165, 1.54) is 18.2 Å². The molecule has 2 heterocycles. The third-order valence-electron chi connectivity index (χ3n) is 6.03. The molecule has 13 heteroatoms. The van der Waals surface area contributed by atoms with Gasteiger partial charge in [0.15, 0.2) is 11.5 Å². The Balaban J connectivity index is 1.40. The number of halogens is 4. The van der Waals surface area contributed by atoms with E-state index in [9.17, 15) is 31.1 Å². The zero-order valence-electron chi connectivity index (χ0n) is 19.4. The van der Waals surface area contributed by atoms with Crippen molar-refractivity contribution in [3.8, 4) is 17.2 Å². The van der Waals surface area contributed by atoms with Gasteiger partial charge in [-0.05, 0) is 48.5 Å². The van der Waals surface area contributed by atoms with Crippen LogP contribution >= 0.6 is 0 Å². The van der Waals surface area contributed by atoms with Crippen LogP contribution in [-0.4, -0.2) is 51.5 Å². The lowest BCUT2D eigenvalue weighted by Crippen LogP contribution is -2.53. The van der Waals surface area contributed by atoms with Crippen molar-refractivity contribution >= 4 is 27.6 Å². The number of nitrogens with zero attached hydrogens (tertiary/aromatic N) is 2. The first kappa shape index (κ1) is 25.9. The summed E-state index contributed by atoms with van der Waals surface area (Å²) >= 11 is 0. The van der Waals surface area contributed by atoms with Crippen LogP contribution in [0.2, 0.25) is 0 Å². The van der Waals surface area contributed by atoms with E-state index >= 15 is 0 Å². The number of sulfonamides is 1. The molecule has 3 atom stereocenters. The molecule has 38 heavy (non-hydrogen) atoms. The van der Waals surface area contributed by atoms with Gasteiger partial charge >= 0.3 is 6.36 Å². The number of ether oxygens (including phenoxy) is 3. The predicted octanol–water partition coefficient (Wildman–Crippen LogP) is 4.80. The molecular weight excluding hydrogens is 532 g/mol. The highest BCUT2D eigenvalue weighted by molar-refractivity contribution is 7.90. The average molecular weight is 553 g/mol. The Morgan fingerprint density at radius 3 is 2.45 bits per heavy atom. The van der Waals surface area contributed by atoms with Crippen LogP contribution in [0.5, 0.6) is 17.2 Å². The maximum Gasteiger partial charge on any atom is 0.573 e. The summed E-state index contributed by atoms with van der Waals surface area (Å²) in [5.74, 6) is -1.12. The summed E-state index contributed by atoms with van der Waals surface area (Å²) in [4.78, 5) is 1.33. The van der Waals surface area contributed by atoms with E-state index in [1.54, 1.807) is 29.2 Å². The molecular formula is C25H20F4N2O6S. The van der Waals surface area contributed by atoms with E-state index in [0.29, 0.717) is 22.9 Å². The van der Waals surface area contributed by atoms with Gasteiger partial charge in [-0.3, -0.25) is 0 Å². The highest BCUT2D eigenvalue weighted by Gasteiger charge is 2.40. The molecule has 0 radical (unpaired) electrons. The Morgan fingerprint density at radius 2 is 1.71 bits per heavy atom. The van der Waals surface area contributed by atoms with Gasteiger partial charge in [0.25, 0.3) is 10.0 Å². The predicted molar refractivity (Wildman–Crippen MR) is 128 cm³/mol. The van der Waals surface area contributed by atoms with Gasteiger partial charge in [0, 0.05) is 18.2 Å². The lowest BCUT2D eigenvalue weighted by atomic mass is 9.93. The first-order valence-corrected chi connectivity index (χ1v) is 12.7. The number of hydrogen-bond acceptors (Lipinski definition) is 7. The Bertz CT molecular complexity index is 1460. The fourth-order valence-corrected chi connectivity index (χ4v) is 5.23. The summed E-state index contributed by atoms with van der Waals surface area (Å²) in [6, 6.07) is 13.8. The van der Waals surface area contributed by atoms with Crippen molar-refractivity contribution in [1.29, 1.82) is 0 Å². The maximum atomic E-state index is 14.2. The van der Waals surface area contributed by atoms with Crippen molar-refractivity contribution in [3.05, 3.63) is 72.5 Å². The first-order valence-electron chi connectivity index (χ1n) is 11.3. The van der Waals surface area contributed by atoms with Crippen LogP contribution in [0.25, 0.3) is 0 Å². The molecule has 1 fully saturated rings. The van der Waals surface area contributed by atoms with Gasteiger partial charge in [0.2, 0.25) is 0 Å². The van der Waals surface area contributed by atoms with Crippen LogP contribution in [0.15, 0.2) is 76.0 Å². The lowest BCUT2D eigenvalue weighted by Gasteiger charge is -2.43. The molecule has 200 valence electrons. The smallest absolute Gasteiger partial charge is 0.453 e. The normalized spacial score (nSPS) is 21.5. The number of hydrogen-bond donors (Lipinski definition) is 1. The summed E-state index contributed by atoms with van der Waals surface area (Å²) in [5, 5.41) is 11.2. The average Bonchev–Trinajstić information content (AvgIpc) is 2.86. The Kier molecular flexibility index (Phi) is 6.75.